The maximum atomic E-state index is 4.14. The maximum absolute atomic E-state index is 4.14. The van der Waals surface area contributed by atoms with Crippen LogP contribution in [-0.2, 0) is 0 Å². The standard InChI is InChI=1S/C26H18/c1-3-17-18(4-2)25-23-15-9-6-12-20(23)21-13-7-10-16-24(21)26(25)22-14-8-5-11-19(17)22/h3-16H,1-2H2. The fraction of sp³-hybridized carbons (Fsp3) is 0. The summed E-state index contributed by atoms with van der Waals surface area (Å²) in [5, 5.41) is 10.2. The van der Waals surface area contributed by atoms with E-state index in [1.807, 2.05) is 12.2 Å². The molecular weight excluding hydrogens is 312 g/mol. The van der Waals surface area contributed by atoms with Gasteiger partial charge in [0.2, 0.25) is 0 Å². The highest BCUT2D eigenvalue weighted by Crippen LogP contribution is 2.43. The second kappa shape index (κ2) is 5.57. The molecule has 0 atom stereocenters. The van der Waals surface area contributed by atoms with Crippen LogP contribution in [0.15, 0.2) is 86.0 Å². The van der Waals surface area contributed by atoms with Crippen LogP contribution in [-0.4, -0.2) is 0 Å². The van der Waals surface area contributed by atoms with Gasteiger partial charge in [-0.05, 0) is 54.2 Å². The largest absolute Gasteiger partial charge is 0.0984 e. The van der Waals surface area contributed by atoms with Gasteiger partial charge in [-0.15, -0.1) is 0 Å². The zero-order valence-corrected chi connectivity index (χ0v) is 14.5. The molecule has 0 N–H and O–H groups in total. The van der Waals surface area contributed by atoms with Crippen LogP contribution in [0.1, 0.15) is 11.1 Å². The number of hydrogen-bond acceptors (Lipinski definition) is 0. The average Bonchev–Trinajstić information content (AvgIpc) is 2.72. The molecule has 0 nitrogen and oxygen atoms in total. The van der Waals surface area contributed by atoms with E-state index in [1.165, 1.54) is 43.1 Å². The van der Waals surface area contributed by atoms with Crippen molar-refractivity contribution in [1.29, 1.82) is 0 Å². The molecule has 5 aromatic carbocycles. The highest BCUT2D eigenvalue weighted by Gasteiger charge is 2.16. The smallest absolute Gasteiger partial charge is 0.00139 e. The summed E-state index contributed by atoms with van der Waals surface area (Å²) in [6.07, 6.45) is 3.94. The zero-order chi connectivity index (χ0) is 17.7. The van der Waals surface area contributed by atoms with Gasteiger partial charge >= 0.3 is 0 Å². The van der Waals surface area contributed by atoms with Gasteiger partial charge in [-0.3, -0.25) is 0 Å². The summed E-state index contributed by atoms with van der Waals surface area (Å²) >= 11 is 0. The minimum atomic E-state index is 1.16. The van der Waals surface area contributed by atoms with Crippen LogP contribution in [0.3, 0.4) is 0 Å². The van der Waals surface area contributed by atoms with Crippen molar-refractivity contribution in [3.8, 4) is 0 Å². The van der Waals surface area contributed by atoms with Gasteiger partial charge in [-0.2, -0.15) is 0 Å². The second-order valence-corrected chi connectivity index (χ2v) is 6.62. The molecule has 0 saturated heterocycles. The van der Waals surface area contributed by atoms with Crippen LogP contribution < -0.4 is 0 Å². The molecule has 0 radical (unpaired) electrons. The quantitative estimate of drug-likeness (QED) is 0.292. The molecule has 0 spiro atoms. The SMILES string of the molecule is C=Cc1c(C=C)c2c3ccccc3c3ccccc3c2c2ccccc12. The Bertz CT molecular complexity index is 1350. The van der Waals surface area contributed by atoms with E-state index < -0.39 is 0 Å². The molecule has 0 saturated carbocycles. The Morgan fingerprint density at radius 3 is 1.31 bits per heavy atom. The van der Waals surface area contributed by atoms with Gasteiger partial charge in [-0.1, -0.05) is 98.1 Å². The first kappa shape index (κ1) is 14.9. The van der Waals surface area contributed by atoms with Gasteiger partial charge < -0.3 is 0 Å². The molecule has 5 aromatic rings. The van der Waals surface area contributed by atoms with E-state index in [-0.39, 0.29) is 0 Å². The molecule has 0 bridgehead atoms. The molecule has 0 heterocycles. The van der Waals surface area contributed by atoms with Crippen molar-refractivity contribution in [1.82, 2.24) is 0 Å². The summed E-state index contributed by atoms with van der Waals surface area (Å²) in [7, 11) is 0. The molecule has 0 aromatic heterocycles. The summed E-state index contributed by atoms with van der Waals surface area (Å²) < 4.78 is 0. The van der Waals surface area contributed by atoms with Gasteiger partial charge in [0.1, 0.15) is 0 Å². The Morgan fingerprint density at radius 1 is 0.423 bits per heavy atom. The average molecular weight is 330 g/mol. The molecule has 0 aliphatic rings. The Morgan fingerprint density at radius 2 is 0.808 bits per heavy atom. The van der Waals surface area contributed by atoms with Crippen molar-refractivity contribution in [3.63, 3.8) is 0 Å². The Hall–Kier alpha value is -3.38. The van der Waals surface area contributed by atoms with Gasteiger partial charge in [0.25, 0.3) is 0 Å². The maximum Gasteiger partial charge on any atom is -0.00139 e. The van der Waals surface area contributed by atoms with Gasteiger partial charge in [0.15, 0.2) is 0 Å². The van der Waals surface area contributed by atoms with Crippen molar-refractivity contribution in [2.24, 2.45) is 0 Å². The lowest BCUT2D eigenvalue weighted by Gasteiger charge is -2.18. The molecule has 5 rings (SSSR count). The van der Waals surface area contributed by atoms with E-state index >= 15 is 0 Å². The second-order valence-electron chi connectivity index (χ2n) is 6.62. The topological polar surface area (TPSA) is 0 Å². The Kier molecular flexibility index (Phi) is 3.20. The third-order valence-corrected chi connectivity index (χ3v) is 5.39. The zero-order valence-electron chi connectivity index (χ0n) is 14.5. The van der Waals surface area contributed by atoms with E-state index in [1.54, 1.807) is 0 Å². The first-order chi connectivity index (χ1) is 12.8. The minimum Gasteiger partial charge on any atom is -0.0984 e. The Balaban J connectivity index is 2.30. The van der Waals surface area contributed by atoms with Crippen LogP contribution in [0.25, 0.3) is 55.2 Å². The van der Waals surface area contributed by atoms with E-state index in [4.69, 9.17) is 0 Å². The molecule has 0 aliphatic heterocycles. The van der Waals surface area contributed by atoms with Crippen LogP contribution in [0.2, 0.25) is 0 Å². The van der Waals surface area contributed by atoms with E-state index in [0.29, 0.717) is 0 Å². The van der Waals surface area contributed by atoms with Gasteiger partial charge in [0.05, 0.1) is 0 Å². The van der Waals surface area contributed by atoms with E-state index in [9.17, 15) is 0 Å². The van der Waals surface area contributed by atoms with Crippen molar-refractivity contribution in [2.45, 2.75) is 0 Å². The van der Waals surface area contributed by atoms with Crippen LogP contribution >= 0.6 is 0 Å². The molecule has 0 fully saturated rings. The summed E-state index contributed by atoms with van der Waals surface area (Å²) in [5.74, 6) is 0. The third kappa shape index (κ3) is 1.84. The van der Waals surface area contributed by atoms with Crippen molar-refractivity contribution in [3.05, 3.63) is 97.1 Å². The number of benzene rings is 5. The molecule has 0 amide bonds. The van der Waals surface area contributed by atoms with Gasteiger partial charge in [0, 0.05) is 0 Å². The Labute approximate surface area is 152 Å². The van der Waals surface area contributed by atoms with E-state index in [2.05, 4.69) is 86.0 Å². The normalized spacial score (nSPS) is 11.4. The fourth-order valence-electron chi connectivity index (χ4n) is 4.35. The predicted octanol–water partition coefficient (Wildman–Crippen LogP) is 7.59. The van der Waals surface area contributed by atoms with Crippen LogP contribution in [0.4, 0.5) is 0 Å². The van der Waals surface area contributed by atoms with Crippen molar-refractivity contribution in [2.75, 3.05) is 0 Å². The third-order valence-electron chi connectivity index (χ3n) is 5.39. The van der Waals surface area contributed by atoms with Crippen molar-refractivity contribution >= 4 is 55.2 Å². The number of fused-ring (bicyclic) bond motifs is 8. The minimum absolute atomic E-state index is 1.16. The number of hydrogen-bond donors (Lipinski definition) is 0. The lowest BCUT2D eigenvalue weighted by molar-refractivity contribution is 1.73. The molecular formula is C26H18. The van der Waals surface area contributed by atoms with Gasteiger partial charge in [-0.25, -0.2) is 0 Å². The first-order valence-corrected chi connectivity index (χ1v) is 8.88. The highest BCUT2D eigenvalue weighted by atomic mass is 14.2. The molecule has 122 valence electrons. The molecule has 0 unspecified atom stereocenters. The van der Waals surface area contributed by atoms with Crippen LogP contribution in [0.5, 0.6) is 0 Å². The van der Waals surface area contributed by atoms with Crippen molar-refractivity contribution < 1.29 is 0 Å². The predicted molar refractivity (Wildman–Crippen MR) is 117 cm³/mol. The molecule has 0 heteroatoms. The van der Waals surface area contributed by atoms with E-state index in [0.717, 1.165) is 11.1 Å². The summed E-state index contributed by atoms with van der Waals surface area (Å²) in [4.78, 5) is 0. The lowest BCUT2D eigenvalue weighted by Crippen LogP contribution is -1.92. The van der Waals surface area contributed by atoms with Crippen LogP contribution in [0, 0.1) is 0 Å². The molecule has 0 aliphatic carbocycles. The monoisotopic (exact) mass is 330 g/mol. The summed E-state index contributed by atoms with van der Waals surface area (Å²) in [6, 6.07) is 26.0. The lowest BCUT2D eigenvalue weighted by atomic mass is 9.85. The number of rotatable bonds is 2. The highest BCUT2D eigenvalue weighted by molar-refractivity contribution is 6.34. The molecule has 26 heavy (non-hydrogen) atoms. The fourth-order valence-corrected chi connectivity index (χ4v) is 4.35. The summed E-state index contributed by atoms with van der Waals surface area (Å²) in [6.45, 7) is 8.23. The summed E-state index contributed by atoms with van der Waals surface area (Å²) in [5.41, 5.74) is 2.32. The first-order valence-electron chi connectivity index (χ1n) is 8.88.